The molecule has 3 nitrogen and oxygen atoms in total. The molecule has 1 saturated heterocycles. The van der Waals surface area contributed by atoms with E-state index in [1.807, 2.05) is 12.1 Å². The maximum Gasteiger partial charge on any atom is 0.262 e. The third-order valence-corrected chi connectivity index (χ3v) is 6.35. The lowest BCUT2D eigenvalue weighted by Gasteiger charge is -2.20. The predicted octanol–water partition coefficient (Wildman–Crippen LogP) is 6.14. The molecule has 0 aliphatic carbocycles. The first kappa shape index (κ1) is 20.5. The molecular formula is C20H20Cl2N2OS2. The molecule has 2 aromatic carbocycles. The Morgan fingerprint density at radius 3 is 2.63 bits per heavy atom. The van der Waals surface area contributed by atoms with E-state index in [0.717, 1.165) is 11.3 Å². The second kappa shape index (κ2) is 8.82. The maximum atomic E-state index is 9.78. The molecule has 1 aliphatic rings. The average molecular weight is 439 g/mol. The number of benzene rings is 2. The summed E-state index contributed by atoms with van der Waals surface area (Å²) < 4.78 is 0. The zero-order chi connectivity index (χ0) is 19.6. The number of aliphatic hydroxyl groups is 1. The molecule has 1 unspecified atom stereocenters. The van der Waals surface area contributed by atoms with Crippen molar-refractivity contribution in [3.05, 3.63) is 68.7 Å². The lowest BCUT2D eigenvalue weighted by Crippen LogP contribution is -2.30. The first-order chi connectivity index (χ1) is 12.8. The van der Waals surface area contributed by atoms with Crippen LogP contribution < -0.4 is 0 Å². The molecule has 27 heavy (non-hydrogen) atoms. The first-order valence-corrected chi connectivity index (χ1v) is 10.7. The molecule has 1 aliphatic heterocycles. The van der Waals surface area contributed by atoms with Gasteiger partial charge in [0.25, 0.3) is 5.17 Å². The quantitative estimate of drug-likeness (QED) is 0.581. The number of amidine groups is 1. The van der Waals surface area contributed by atoms with E-state index in [1.165, 1.54) is 16.7 Å². The molecule has 0 bridgehead atoms. The van der Waals surface area contributed by atoms with E-state index in [-0.39, 0.29) is 11.2 Å². The molecule has 142 valence electrons. The van der Waals surface area contributed by atoms with Crippen LogP contribution in [0, 0.1) is 13.8 Å². The minimum absolute atomic E-state index is 0.152. The lowest BCUT2D eigenvalue weighted by atomic mass is 9.97. The largest absolute Gasteiger partial charge is 0.486 e. The van der Waals surface area contributed by atoms with Crippen LogP contribution in [0.15, 0.2) is 41.4 Å². The summed E-state index contributed by atoms with van der Waals surface area (Å²) in [6.07, 6.45) is 0.679. The summed E-state index contributed by atoms with van der Waals surface area (Å²) in [6, 6.07) is 11.9. The van der Waals surface area contributed by atoms with Crippen molar-refractivity contribution in [2.75, 3.05) is 12.3 Å². The summed E-state index contributed by atoms with van der Waals surface area (Å²) in [4.78, 5) is 6.58. The summed E-state index contributed by atoms with van der Waals surface area (Å²) >= 11 is 19.3. The van der Waals surface area contributed by atoms with Gasteiger partial charge in [-0.05, 0) is 49.7 Å². The number of thiocarbonyl (C=S) groups is 1. The van der Waals surface area contributed by atoms with Crippen molar-refractivity contribution in [1.82, 2.24) is 4.90 Å². The Hall–Kier alpha value is -1.27. The fourth-order valence-electron chi connectivity index (χ4n) is 3.23. The number of aryl methyl sites for hydroxylation is 2. The van der Waals surface area contributed by atoms with Gasteiger partial charge in [0, 0.05) is 12.3 Å². The molecule has 1 fully saturated rings. The molecule has 0 saturated carbocycles. The van der Waals surface area contributed by atoms with Crippen LogP contribution in [0.1, 0.15) is 28.3 Å². The summed E-state index contributed by atoms with van der Waals surface area (Å²) in [7, 11) is 0. The predicted molar refractivity (Wildman–Crippen MR) is 121 cm³/mol. The summed E-state index contributed by atoms with van der Waals surface area (Å²) in [5.74, 6) is 0.832. The molecular weight excluding hydrogens is 419 g/mol. The van der Waals surface area contributed by atoms with Gasteiger partial charge in [0.1, 0.15) is 0 Å². The monoisotopic (exact) mass is 438 g/mol. The zero-order valence-electron chi connectivity index (χ0n) is 15.1. The summed E-state index contributed by atoms with van der Waals surface area (Å²) in [5.41, 5.74) is 4.47. The lowest BCUT2D eigenvalue weighted by molar-refractivity contribution is 0.465. The van der Waals surface area contributed by atoms with Crippen LogP contribution in [0.25, 0.3) is 0 Å². The molecule has 0 spiro atoms. The summed E-state index contributed by atoms with van der Waals surface area (Å²) in [6.45, 7) is 4.82. The molecule has 0 amide bonds. The van der Waals surface area contributed by atoms with Gasteiger partial charge < -0.3 is 5.11 Å². The van der Waals surface area contributed by atoms with Crippen molar-refractivity contribution in [2.24, 2.45) is 4.99 Å². The fourth-order valence-corrected chi connectivity index (χ4v) is 4.89. The van der Waals surface area contributed by atoms with Gasteiger partial charge in [0.2, 0.25) is 0 Å². The smallest absolute Gasteiger partial charge is 0.262 e. The van der Waals surface area contributed by atoms with E-state index in [1.54, 1.807) is 22.7 Å². The van der Waals surface area contributed by atoms with Crippen LogP contribution in [-0.4, -0.2) is 32.6 Å². The van der Waals surface area contributed by atoms with E-state index in [9.17, 15) is 5.11 Å². The van der Waals surface area contributed by atoms with Crippen molar-refractivity contribution in [1.29, 1.82) is 0 Å². The topological polar surface area (TPSA) is 35.8 Å². The van der Waals surface area contributed by atoms with Gasteiger partial charge in [-0.1, -0.05) is 76.4 Å². The van der Waals surface area contributed by atoms with Gasteiger partial charge in [-0.3, -0.25) is 9.89 Å². The highest BCUT2D eigenvalue weighted by Gasteiger charge is 2.25. The molecule has 0 radical (unpaired) electrons. The van der Waals surface area contributed by atoms with E-state index in [4.69, 9.17) is 40.4 Å². The van der Waals surface area contributed by atoms with Crippen molar-refractivity contribution in [3.8, 4) is 0 Å². The van der Waals surface area contributed by atoms with Crippen LogP contribution in [0.5, 0.6) is 0 Å². The third kappa shape index (κ3) is 4.96. The van der Waals surface area contributed by atoms with Crippen LogP contribution in [0.2, 0.25) is 10.0 Å². The van der Waals surface area contributed by atoms with Gasteiger partial charge >= 0.3 is 0 Å². The van der Waals surface area contributed by atoms with Crippen molar-refractivity contribution in [3.63, 3.8) is 0 Å². The number of hydrogen-bond acceptors (Lipinski definition) is 3. The van der Waals surface area contributed by atoms with Gasteiger partial charge in [0.15, 0.2) is 5.17 Å². The number of nitrogens with zero attached hydrogens (tertiary/aromatic N) is 2. The molecule has 1 N–H and O–H groups in total. The van der Waals surface area contributed by atoms with Crippen LogP contribution in [0.4, 0.5) is 0 Å². The van der Waals surface area contributed by atoms with Gasteiger partial charge in [-0.2, -0.15) is 0 Å². The Kier molecular flexibility index (Phi) is 6.69. The first-order valence-electron chi connectivity index (χ1n) is 8.57. The second-order valence-electron chi connectivity index (χ2n) is 6.55. The number of hydrogen-bond donors (Lipinski definition) is 1. The second-order valence-corrected chi connectivity index (χ2v) is 8.77. The van der Waals surface area contributed by atoms with E-state index >= 15 is 0 Å². The number of thioether (sulfide) groups is 1. The number of halogens is 2. The highest BCUT2D eigenvalue weighted by atomic mass is 35.5. The molecule has 1 heterocycles. The van der Waals surface area contributed by atoms with E-state index < -0.39 is 0 Å². The SMILES string of the molecule is Cc1cc(C)cc(CC(N=C2SCCN2C(O)=S)c2cccc(Cl)c2Cl)c1. The van der Waals surface area contributed by atoms with Gasteiger partial charge in [-0.15, -0.1) is 0 Å². The fraction of sp³-hybridized carbons (Fsp3) is 0.300. The Bertz CT molecular complexity index is 881. The minimum atomic E-state index is -0.227. The number of aliphatic imine (C=N–C) groups is 1. The van der Waals surface area contributed by atoms with E-state index in [2.05, 4.69) is 32.0 Å². The Morgan fingerprint density at radius 2 is 1.96 bits per heavy atom. The van der Waals surface area contributed by atoms with Crippen molar-refractivity contribution < 1.29 is 5.11 Å². The zero-order valence-corrected chi connectivity index (χ0v) is 18.2. The molecule has 2 aromatic rings. The Balaban J connectivity index is 2.03. The van der Waals surface area contributed by atoms with E-state index in [0.29, 0.717) is 28.2 Å². The van der Waals surface area contributed by atoms with Crippen LogP contribution >= 0.6 is 47.2 Å². The van der Waals surface area contributed by atoms with Crippen LogP contribution in [-0.2, 0) is 6.42 Å². The van der Waals surface area contributed by atoms with Gasteiger partial charge in [-0.25, -0.2) is 0 Å². The number of aliphatic hydroxyl groups excluding tert-OH is 1. The Labute approximate surface area is 179 Å². The van der Waals surface area contributed by atoms with Crippen molar-refractivity contribution in [2.45, 2.75) is 26.3 Å². The highest BCUT2D eigenvalue weighted by molar-refractivity contribution is 8.14. The molecule has 3 rings (SSSR count). The van der Waals surface area contributed by atoms with Crippen LogP contribution in [0.3, 0.4) is 0 Å². The number of rotatable bonds is 4. The summed E-state index contributed by atoms with van der Waals surface area (Å²) in [5, 5.41) is 11.4. The molecule has 1 atom stereocenters. The standard InChI is InChI=1S/C20H20Cl2N2OS2/c1-12-8-13(2)10-14(9-12)11-17(15-4-3-5-16(21)18(15)22)23-19-24(20(25)26)6-7-27-19/h3-5,8-10,17H,6-7,11H2,1-2H3,(H,25,26). The molecule has 7 heteroatoms. The van der Waals surface area contributed by atoms with Gasteiger partial charge in [0.05, 0.1) is 16.1 Å². The van der Waals surface area contributed by atoms with Crippen molar-refractivity contribution >= 4 is 57.5 Å². The molecule has 0 aromatic heterocycles. The maximum absolute atomic E-state index is 9.78. The highest BCUT2D eigenvalue weighted by Crippen LogP contribution is 2.35. The normalized spacial score (nSPS) is 16.7. The minimum Gasteiger partial charge on any atom is -0.486 e. The average Bonchev–Trinajstić information content (AvgIpc) is 3.04. The Morgan fingerprint density at radius 1 is 1.26 bits per heavy atom. The third-order valence-electron chi connectivity index (χ3n) is 4.33.